The summed E-state index contributed by atoms with van der Waals surface area (Å²) < 4.78 is 0. The monoisotopic (exact) mass is 312 g/mol. The molecule has 0 aromatic heterocycles. The first kappa shape index (κ1) is 704. The molecule has 0 fully saturated rings. The van der Waals surface area contributed by atoms with Gasteiger partial charge in [0.15, 0.2) is 0 Å². The summed E-state index contributed by atoms with van der Waals surface area (Å²) in [5, 5.41) is 0. The number of halogens is 5. The van der Waals surface area contributed by atoms with Crippen LogP contribution in [0.1, 0.15) is 0 Å². The third-order valence-corrected chi connectivity index (χ3v) is 0. The fourth-order valence-electron chi connectivity index (χ4n) is 0. The zero-order valence-electron chi connectivity index (χ0n) is 2.75. The third-order valence-electron chi connectivity index (χ3n) is 0. The maximum atomic E-state index is 0. The van der Waals surface area contributed by atoms with E-state index in [1.807, 2.05) is 0 Å². The number of hydrogen-bond donors (Lipinski definition) is 0. The van der Waals surface area contributed by atoms with Crippen LogP contribution in [0.3, 0.4) is 0 Å². The molecule has 6 heteroatoms. The fraction of sp³-hybridized carbons (Fsp3) is 0. The van der Waals surface area contributed by atoms with Crippen LogP contribution in [0.25, 0.3) is 0 Å². The normalized spacial score (nSPS) is 0. The van der Waals surface area contributed by atoms with E-state index in [9.17, 15) is 0 Å². The summed E-state index contributed by atoms with van der Waals surface area (Å²) in [5.74, 6) is 0. The SMILES string of the molecule is F.F.F.F.F.[BiH3]. The van der Waals surface area contributed by atoms with Gasteiger partial charge in [-0.05, 0) is 0 Å². The van der Waals surface area contributed by atoms with Crippen molar-refractivity contribution in [2.24, 2.45) is 0 Å². The molecule has 48 valence electrons. The molecule has 0 saturated carbocycles. The first-order chi connectivity index (χ1) is 0. The van der Waals surface area contributed by atoms with Crippen molar-refractivity contribution >= 4 is 26.2 Å². The predicted octanol–water partition coefficient (Wildman–Crippen LogP) is -0.421. The Morgan fingerprint density at radius 2 is 0.333 bits per heavy atom. The molecule has 0 aliphatic rings. The van der Waals surface area contributed by atoms with Crippen LogP contribution in [0.5, 0.6) is 0 Å². The molecule has 0 heterocycles. The van der Waals surface area contributed by atoms with E-state index in [1.165, 1.54) is 0 Å². The van der Waals surface area contributed by atoms with Gasteiger partial charge in [-0.25, -0.2) is 0 Å². The summed E-state index contributed by atoms with van der Waals surface area (Å²) in [6.45, 7) is 0. The van der Waals surface area contributed by atoms with Gasteiger partial charge in [0, 0.05) is 0 Å². The van der Waals surface area contributed by atoms with Crippen LogP contribution < -0.4 is 0 Å². The van der Waals surface area contributed by atoms with E-state index in [-0.39, 0.29) is 49.7 Å². The van der Waals surface area contributed by atoms with Gasteiger partial charge >= 0.3 is 26.2 Å². The molecule has 0 aromatic carbocycles. The fourth-order valence-corrected chi connectivity index (χ4v) is 0. The van der Waals surface area contributed by atoms with Gasteiger partial charge in [0.05, 0.1) is 0 Å². The minimum atomic E-state index is 0. The molecular formula is H8BiF5. The van der Waals surface area contributed by atoms with Crippen LogP contribution in [-0.4, -0.2) is 26.2 Å². The second-order valence-electron chi connectivity index (χ2n) is 0. The van der Waals surface area contributed by atoms with Gasteiger partial charge in [0.25, 0.3) is 0 Å². The van der Waals surface area contributed by atoms with Crippen LogP contribution in [0.15, 0.2) is 0 Å². The van der Waals surface area contributed by atoms with Crippen molar-refractivity contribution in [2.45, 2.75) is 0 Å². The standard InChI is InChI=1S/Bi.5FH.3H/h;5*1H;;;. The zero-order chi connectivity index (χ0) is 0. The first-order valence-corrected chi connectivity index (χ1v) is 0. The second kappa shape index (κ2) is 400. The Balaban J connectivity index is 0. The molecule has 0 nitrogen and oxygen atoms in total. The van der Waals surface area contributed by atoms with E-state index in [0.717, 1.165) is 0 Å². The van der Waals surface area contributed by atoms with E-state index < -0.39 is 0 Å². The summed E-state index contributed by atoms with van der Waals surface area (Å²) in [7, 11) is 0. The zero-order valence-corrected chi connectivity index (χ0v) is 8.25. The van der Waals surface area contributed by atoms with Gasteiger partial charge in [-0.1, -0.05) is 0 Å². The van der Waals surface area contributed by atoms with Crippen molar-refractivity contribution < 1.29 is 23.5 Å². The summed E-state index contributed by atoms with van der Waals surface area (Å²) in [4.78, 5) is 0. The molecule has 0 aromatic rings. The minimum absolute atomic E-state index is 0. The van der Waals surface area contributed by atoms with Crippen LogP contribution in [0.4, 0.5) is 23.5 Å². The molecule has 6 heavy (non-hydrogen) atoms. The van der Waals surface area contributed by atoms with Gasteiger partial charge in [-0.2, -0.15) is 0 Å². The van der Waals surface area contributed by atoms with Crippen LogP contribution in [0.2, 0.25) is 0 Å². The average molecular weight is 312 g/mol. The quantitative estimate of drug-likeness (QED) is 0.421. The van der Waals surface area contributed by atoms with Gasteiger partial charge in [-0.3, -0.25) is 23.5 Å². The Bertz CT molecular complexity index is 3.90. The van der Waals surface area contributed by atoms with Crippen molar-refractivity contribution in [2.75, 3.05) is 0 Å². The Morgan fingerprint density at radius 1 is 0.333 bits per heavy atom. The van der Waals surface area contributed by atoms with Gasteiger partial charge in [-0.15, -0.1) is 0 Å². The van der Waals surface area contributed by atoms with Crippen molar-refractivity contribution in [3.63, 3.8) is 0 Å². The van der Waals surface area contributed by atoms with Gasteiger partial charge in [0.2, 0.25) is 0 Å². The number of rotatable bonds is 0. The molecule has 0 saturated heterocycles. The topological polar surface area (TPSA) is 0 Å². The molecule has 0 aliphatic heterocycles. The molecule has 0 aliphatic carbocycles. The summed E-state index contributed by atoms with van der Waals surface area (Å²) in [5.41, 5.74) is 0. The third kappa shape index (κ3) is 199. The van der Waals surface area contributed by atoms with Gasteiger partial charge in [0.1, 0.15) is 0 Å². The summed E-state index contributed by atoms with van der Waals surface area (Å²) in [6, 6.07) is 0. The van der Waals surface area contributed by atoms with E-state index in [2.05, 4.69) is 0 Å². The van der Waals surface area contributed by atoms with Crippen molar-refractivity contribution in [1.29, 1.82) is 0 Å². The molecule has 0 N–H and O–H groups in total. The molecular weight excluding hydrogens is 304 g/mol. The molecule has 0 radical (unpaired) electrons. The van der Waals surface area contributed by atoms with Crippen LogP contribution in [0, 0.1) is 0 Å². The molecule has 0 atom stereocenters. The van der Waals surface area contributed by atoms with Crippen molar-refractivity contribution in [3.8, 4) is 0 Å². The predicted molar refractivity (Wildman–Crippen MR) is 22.5 cm³/mol. The molecule has 0 bridgehead atoms. The number of hydrogen-bond acceptors (Lipinski definition) is 0. The average Bonchev–Trinajstić information content (AvgIpc) is 0. The van der Waals surface area contributed by atoms with Crippen LogP contribution in [-0.2, 0) is 0 Å². The molecule has 0 rings (SSSR count). The van der Waals surface area contributed by atoms with E-state index in [1.54, 1.807) is 0 Å². The first-order valence-electron chi connectivity index (χ1n) is 0. The summed E-state index contributed by atoms with van der Waals surface area (Å²) in [6.07, 6.45) is 0. The second-order valence-corrected chi connectivity index (χ2v) is 0. The van der Waals surface area contributed by atoms with Crippen molar-refractivity contribution in [3.05, 3.63) is 0 Å². The Labute approximate surface area is 50.3 Å². The molecule has 0 spiro atoms. The Hall–Kier alpha value is 0.533. The Morgan fingerprint density at radius 3 is 0.333 bits per heavy atom. The van der Waals surface area contributed by atoms with Gasteiger partial charge < -0.3 is 0 Å². The van der Waals surface area contributed by atoms with E-state index >= 15 is 0 Å². The van der Waals surface area contributed by atoms with E-state index in [4.69, 9.17) is 0 Å². The maximum absolute atomic E-state index is 0. The molecule has 0 unspecified atom stereocenters. The van der Waals surface area contributed by atoms with Crippen LogP contribution >= 0.6 is 0 Å². The van der Waals surface area contributed by atoms with Crippen molar-refractivity contribution in [1.82, 2.24) is 0 Å². The summed E-state index contributed by atoms with van der Waals surface area (Å²) >= 11 is 0. The molecule has 0 amide bonds. The van der Waals surface area contributed by atoms with E-state index in [0.29, 0.717) is 0 Å². The Kier molecular flexibility index (Phi) is 46900.